The highest BCUT2D eigenvalue weighted by Crippen LogP contribution is 2.33. The largest absolute Gasteiger partial charge is 0.416 e. The minimum Gasteiger partial charge on any atom is -0.324 e. The maximum atomic E-state index is 13.4. The van der Waals surface area contributed by atoms with Gasteiger partial charge in [0.25, 0.3) is 10.0 Å². The van der Waals surface area contributed by atoms with E-state index in [1.807, 2.05) is 0 Å². The molecule has 200 valence electrons. The number of carbonyl (C=O) groups excluding carboxylic acids is 2. The first-order valence-corrected chi connectivity index (χ1v) is 13.6. The predicted molar refractivity (Wildman–Crippen MR) is 142 cm³/mol. The van der Waals surface area contributed by atoms with Crippen LogP contribution < -0.4 is 5.32 Å². The zero-order valence-corrected chi connectivity index (χ0v) is 21.3. The lowest BCUT2D eigenvalue weighted by molar-refractivity contribution is -0.137. The topological polar surface area (TPSA) is 85.2 Å². The summed E-state index contributed by atoms with van der Waals surface area (Å²) >= 11 is 0. The molecule has 1 amide bonds. The number of halogens is 3. The third-order valence-electron chi connectivity index (χ3n) is 6.75. The van der Waals surface area contributed by atoms with Gasteiger partial charge in [-0.25, -0.2) is 12.4 Å². The molecule has 3 aromatic carbocycles. The molecule has 0 aliphatic heterocycles. The van der Waals surface area contributed by atoms with Gasteiger partial charge in [-0.1, -0.05) is 42.8 Å². The van der Waals surface area contributed by atoms with Crippen molar-refractivity contribution in [3.63, 3.8) is 0 Å². The van der Waals surface area contributed by atoms with Crippen molar-refractivity contribution in [2.75, 3.05) is 5.32 Å². The maximum Gasteiger partial charge on any atom is 0.416 e. The number of fused-ring (bicyclic) bond motifs is 1. The summed E-state index contributed by atoms with van der Waals surface area (Å²) in [6.45, 7) is 0. The van der Waals surface area contributed by atoms with Crippen LogP contribution in [0.4, 0.5) is 18.9 Å². The Morgan fingerprint density at radius 1 is 0.949 bits per heavy atom. The highest BCUT2D eigenvalue weighted by atomic mass is 32.2. The molecular formula is C29H23F3N2O4S. The van der Waals surface area contributed by atoms with E-state index in [1.54, 1.807) is 18.2 Å². The van der Waals surface area contributed by atoms with Gasteiger partial charge >= 0.3 is 6.18 Å². The van der Waals surface area contributed by atoms with Crippen molar-refractivity contribution >= 4 is 44.4 Å². The van der Waals surface area contributed by atoms with Gasteiger partial charge in [-0.05, 0) is 66.9 Å². The maximum absolute atomic E-state index is 13.4. The van der Waals surface area contributed by atoms with Crippen molar-refractivity contribution in [3.05, 3.63) is 102 Å². The predicted octanol–water partition coefficient (Wildman–Crippen LogP) is 6.53. The van der Waals surface area contributed by atoms with Gasteiger partial charge in [-0.2, -0.15) is 13.2 Å². The second-order valence-corrected chi connectivity index (χ2v) is 11.1. The summed E-state index contributed by atoms with van der Waals surface area (Å²) in [4.78, 5) is 25.7. The zero-order valence-electron chi connectivity index (χ0n) is 20.5. The summed E-state index contributed by atoms with van der Waals surface area (Å²) in [5.41, 5.74) is 0.391. The van der Waals surface area contributed by atoms with Gasteiger partial charge in [0.15, 0.2) is 5.78 Å². The quantitative estimate of drug-likeness (QED) is 0.209. The van der Waals surface area contributed by atoms with Gasteiger partial charge in [-0.3, -0.25) is 9.59 Å². The third kappa shape index (κ3) is 5.37. The van der Waals surface area contributed by atoms with Crippen molar-refractivity contribution in [2.45, 2.75) is 30.3 Å². The van der Waals surface area contributed by atoms with Crippen LogP contribution >= 0.6 is 0 Å². The summed E-state index contributed by atoms with van der Waals surface area (Å²) in [7, 11) is -4.00. The zero-order chi connectivity index (χ0) is 27.8. The van der Waals surface area contributed by atoms with Crippen LogP contribution in [0, 0.1) is 5.92 Å². The fourth-order valence-electron chi connectivity index (χ4n) is 4.31. The van der Waals surface area contributed by atoms with Crippen LogP contribution in [0.5, 0.6) is 0 Å². The Hall–Kier alpha value is -4.18. The van der Waals surface area contributed by atoms with Crippen LogP contribution in [0.25, 0.3) is 17.0 Å². The summed E-state index contributed by atoms with van der Waals surface area (Å²) < 4.78 is 66.3. The van der Waals surface area contributed by atoms with E-state index in [0.717, 1.165) is 35.4 Å². The van der Waals surface area contributed by atoms with Crippen LogP contribution in [-0.4, -0.2) is 24.1 Å². The summed E-state index contributed by atoms with van der Waals surface area (Å²) in [5.74, 6) is -0.798. The smallest absolute Gasteiger partial charge is 0.324 e. The van der Waals surface area contributed by atoms with E-state index in [2.05, 4.69) is 5.32 Å². The van der Waals surface area contributed by atoms with E-state index in [9.17, 15) is 31.2 Å². The highest BCUT2D eigenvalue weighted by molar-refractivity contribution is 7.90. The van der Waals surface area contributed by atoms with Gasteiger partial charge in [-0.15, -0.1) is 0 Å². The molecule has 0 saturated heterocycles. The highest BCUT2D eigenvalue weighted by Gasteiger charge is 2.30. The second-order valence-electron chi connectivity index (χ2n) is 9.32. The first kappa shape index (κ1) is 26.4. The fraction of sp³-hybridized carbons (Fsp3) is 0.172. The third-order valence-corrected chi connectivity index (χ3v) is 8.44. The number of nitrogens with one attached hydrogen (secondary N) is 1. The molecule has 0 atom stereocenters. The first-order chi connectivity index (χ1) is 18.5. The fourth-order valence-corrected chi connectivity index (χ4v) is 5.71. The molecule has 6 nitrogen and oxygen atoms in total. The Labute approximate surface area is 222 Å². The molecular weight excluding hydrogens is 529 g/mol. The van der Waals surface area contributed by atoms with E-state index < -0.39 is 27.5 Å². The molecule has 1 aromatic heterocycles. The molecule has 1 heterocycles. The number of alkyl halides is 3. The number of nitrogens with zero attached hydrogens (tertiary/aromatic N) is 1. The van der Waals surface area contributed by atoms with Crippen LogP contribution in [0.15, 0.2) is 90.0 Å². The van der Waals surface area contributed by atoms with E-state index in [-0.39, 0.29) is 33.5 Å². The molecule has 1 saturated carbocycles. The number of aromatic nitrogens is 1. The van der Waals surface area contributed by atoms with Gasteiger partial charge in [0, 0.05) is 23.1 Å². The molecule has 1 aliphatic carbocycles. The van der Waals surface area contributed by atoms with Crippen LogP contribution in [0.3, 0.4) is 0 Å². The average molecular weight is 553 g/mol. The first-order valence-electron chi connectivity index (χ1n) is 12.2. The molecule has 0 unspecified atom stereocenters. The molecule has 10 heteroatoms. The molecule has 5 rings (SSSR count). The Balaban J connectivity index is 1.50. The number of carbonyl (C=O) groups is 2. The van der Waals surface area contributed by atoms with Crippen LogP contribution in [0.1, 0.15) is 40.7 Å². The Morgan fingerprint density at radius 3 is 2.26 bits per heavy atom. The van der Waals surface area contributed by atoms with Crippen molar-refractivity contribution in [2.24, 2.45) is 5.92 Å². The molecule has 4 aromatic rings. The molecule has 0 radical (unpaired) electrons. The SMILES string of the molecule is O=C(C=Cc1ccc(C(F)(F)F)cc1)c1ccc2c(c1)c(NC(=O)C1CCC1)cn2S(=O)(=O)c1ccccc1. The Bertz CT molecular complexity index is 1690. The number of anilines is 1. The lowest BCUT2D eigenvalue weighted by Gasteiger charge is -2.23. The van der Waals surface area contributed by atoms with Crippen molar-refractivity contribution in [1.29, 1.82) is 0 Å². The number of benzene rings is 3. The van der Waals surface area contributed by atoms with Crippen molar-refractivity contribution in [1.82, 2.24) is 3.97 Å². The van der Waals surface area contributed by atoms with Gasteiger partial charge in [0.1, 0.15) is 0 Å². The Morgan fingerprint density at radius 2 is 1.64 bits per heavy atom. The number of ketones is 1. The summed E-state index contributed by atoms with van der Waals surface area (Å²) in [6.07, 6.45) is 1.98. The van der Waals surface area contributed by atoms with Gasteiger partial charge in [0.2, 0.25) is 5.91 Å². The average Bonchev–Trinajstić information content (AvgIpc) is 3.24. The molecule has 39 heavy (non-hydrogen) atoms. The Kier molecular flexibility index (Phi) is 6.90. The molecule has 1 fully saturated rings. The monoisotopic (exact) mass is 552 g/mol. The molecule has 0 bridgehead atoms. The number of rotatable bonds is 7. The molecule has 1 aliphatic rings. The van der Waals surface area contributed by atoms with E-state index in [0.29, 0.717) is 10.9 Å². The standard InChI is InChI=1S/C29H23F3N2O4S/c30-29(31,32)22-13-9-19(10-14-22)11-16-27(35)21-12-15-26-24(17-21)25(33-28(36)20-5-4-6-20)18-34(26)39(37,38)23-7-2-1-3-8-23/h1-3,7-18,20H,4-6H2,(H,33,36). The van der Waals surface area contributed by atoms with Gasteiger partial charge < -0.3 is 5.32 Å². The van der Waals surface area contributed by atoms with E-state index in [1.165, 1.54) is 60.8 Å². The number of allylic oxidation sites excluding steroid dienone is 1. The van der Waals surface area contributed by atoms with E-state index in [4.69, 9.17) is 0 Å². The number of amides is 1. The van der Waals surface area contributed by atoms with Crippen molar-refractivity contribution in [3.8, 4) is 0 Å². The molecule has 0 spiro atoms. The number of hydrogen-bond acceptors (Lipinski definition) is 4. The molecule has 1 N–H and O–H groups in total. The minimum absolute atomic E-state index is 0.0680. The van der Waals surface area contributed by atoms with Crippen LogP contribution in [-0.2, 0) is 21.0 Å². The van der Waals surface area contributed by atoms with E-state index >= 15 is 0 Å². The normalized spacial score (nSPS) is 14.4. The van der Waals surface area contributed by atoms with Gasteiger partial charge in [0.05, 0.1) is 21.7 Å². The lowest BCUT2D eigenvalue weighted by atomic mass is 9.85. The van der Waals surface area contributed by atoms with Crippen molar-refractivity contribution < 1.29 is 31.2 Å². The minimum atomic E-state index is -4.45. The second kappa shape index (κ2) is 10.2. The lowest BCUT2D eigenvalue weighted by Crippen LogP contribution is -2.28. The summed E-state index contributed by atoms with van der Waals surface area (Å²) in [5, 5.41) is 3.20. The number of hydrogen-bond donors (Lipinski definition) is 1. The van der Waals surface area contributed by atoms with Crippen LogP contribution in [0.2, 0.25) is 0 Å². The summed E-state index contributed by atoms with van der Waals surface area (Å²) in [6, 6.07) is 16.7.